The Morgan fingerprint density at radius 1 is 1.33 bits per heavy atom. The van der Waals surface area contributed by atoms with Gasteiger partial charge in [0.1, 0.15) is 0 Å². The third kappa shape index (κ3) is 3.27. The average molecular weight is 383 g/mol. The van der Waals surface area contributed by atoms with Gasteiger partial charge in [-0.25, -0.2) is 0 Å². The molecule has 1 saturated heterocycles. The van der Waals surface area contributed by atoms with E-state index >= 15 is 0 Å². The fraction of sp³-hybridized carbons (Fsp3) is 0.333. The second-order valence-corrected chi connectivity index (χ2v) is 8.01. The van der Waals surface area contributed by atoms with Crippen LogP contribution in [0.15, 0.2) is 58.5 Å². The van der Waals surface area contributed by atoms with E-state index in [1.165, 1.54) is 4.88 Å². The van der Waals surface area contributed by atoms with Gasteiger partial charge in [0.05, 0.1) is 34.3 Å². The van der Waals surface area contributed by atoms with E-state index in [-0.39, 0.29) is 23.6 Å². The molecule has 0 amide bonds. The molecule has 0 radical (unpaired) electrons. The maximum Gasteiger partial charge on any atom is 0.0986 e. The van der Waals surface area contributed by atoms with Gasteiger partial charge in [-0.1, -0.05) is 33.1 Å². The first-order valence-corrected chi connectivity index (χ1v) is 10.3. The zero-order chi connectivity index (χ0) is 17.9. The number of likely N-dealkylation sites (N-methyl/N-ethyl adjacent to an activating group) is 1. The molecule has 2 atom stereocenters. The van der Waals surface area contributed by atoms with Crippen LogP contribution in [-0.4, -0.2) is 11.9 Å². The maximum atomic E-state index is 12.9. The molecule has 0 bridgehead atoms. The van der Waals surface area contributed by atoms with Gasteiger partial charge in [-0.2, -0.15) is 3.89 Å². The van der Waals surface area contributed by atoms with Crippen LogP contribution in [0.25, 0.3) is 0 Å². The summed E-state index contributed by atoms with van der Waals surface area (Å²) >= 11 is 3.56. The molecule has 1 N–H and O–H groups in total. The van der Waals surface area contributed by atoms with Crippen LogP contribution in [0.4, 0.5) is 3.89 Å². The lowest BCUT2D eigenvalue weighted by Crippen LogP contribution is -2.53. The van der Waals surface area contributed by atoms with Crippen LogP contribution in [-0.2, 0) is 5.54 Å². The number of hydrogen-bond acceptors (Lipinski definition) is 5. The Morgan fingerprint density at radius 3 is 2.58 bits per heavy atom. The summed E-state index contributed by atoms with van der Waals surface area (Å²) in [7, 11) is 1.97. The van der Waals surface area contributed by atoms with Crippen molar-refractivity contribution in [1.82, 2.24) is 10.2 Å². The minimum atomic E-state index is -0.385. The summed E-state index contributed by atoms with van der Waals surface area (Å²) in [5.41, 5.74) is 0.612. The lowest BCUT2D eigenvalue weighted by Gasteiger charge is -2.48. The van der Waals surface area contributed by atoms with E-state index in [2.05, 4.69) is 36.8 Å². The molecule has 1 fully saturated rings. The molecule has 130 valence electrons. The average Bonchev–Trinajstić information content (AvgIpc) is 3.26. The maximum absolute atomic E-state index is 12.9. The van der Waals surface area contributed by atoms with Crippen LogP contribution in [0.2, 0.25) is 0 Å². The van der Waals surface area contributed by atoms with Crippen LogP contribution in [0.3, 0.4) is 0 Å². The number of thiophene rings is 2. The van der Waals surface area contributed by atoms with Crippen molar-refractivity contribution in [3.05, 3.63) is 63.4 Å². The first kappa shape index (κ1) is 19.1. The molecule has 0 aliphatic carbocycles. The molecule has 2 aromatic rings. The lowest BCUT2D eigenvalue weighted by molar-refractivity contribution is 0.239. The molecule has 24 heavy (non-hydrogen) atoms. The summed E-state index contributed by atoms with van der Waals surface area (Å²) in [4.78, 5) is 4.96. The molecule has 1 unspecified atom stereocenters. The van der Waals surface area contributed by atoms with Gasteiger partial charge in [-0.15, -0.1) is 22.7 Å². The smallest absolute Gasteiger partial charge is 0.0986 e. The van der Waals surface area contributed by atoms with Gasteiger partial charge in [0.2, 0.25) is 0 Å². The van der Waals surface area contributed by atoms with Crippen LogP contribution in [0.5, 0.6) is 0 Å². The molecule has 6 heteroatoms. The zero-order valence-corrected chi connectivity index (χ0v) is 16.9. The van der Waals surface area contributed by atoms with E-state index in [9.17, 15) is 3.89 Å². The van der Waals surface area contributed by atoms with E-state index in [0.29, 0.717) is 4.90 Å². The molecular formula is C18H23FN2S3. The highest BCUT2D eigenvalue weighted by molar-refractivity contribution is 7.94. The van der Waals surface area contributed by atoms with Crippen LogP contribution in [0.1, 0.15) is 36.4 Å². The largest absolute Gasteiger partial charge is 0.361 e. The van der Waals surface area contributed by atoms with Crippen molar-refractivity contribution in [3.8, 4) is 0 Å². The van der Waals surface area contributed by atoms with Crippen LogP contribution in [0, 0.1) is 0 Å². The van der Waals surface area contributed by atoms with Crippen molar-refractivity contribution in [2.45, 2.75) is 37.1 Å². The predicted octanol–water partition coefficient (Wildman–Crippen LogP) is 6.33. The third-order valence-electron chi connectivity index (χ3n) is 4.15. The quantitative estimate of drug-likeness (QED) is 0.667. The normalized spacial score (nSPS) is 23.5. The number of rotatable bonds is 3. The van der Waals surface area contributed by atoms with E-state index in [1.807, 2.05) is 43.3 Å². The molecule has 1 aliphatic rings. The highest BCUT2D eigenvalue weighted by Crippen LogP contribution is 2.49. The zero-order valence-electron chi connectivity index (χ0n) is 14.4. The van der Waals surface area contributed by atoms with Crippen LogP contribution < -0.4 is 5.32 Å². The standard InChI is InChI=1S/C16H17FN2S3.C2H6/c1-10-15(13-6-5-7-20-13)16(3,18-11(2)19(10)4)14-8-12(22-17)9-21-14;1-2/h5-9,15,18H,1-2H2,3-4H3;1-2H3/t15?,16-;/m1./s1. The van der Waals surface area contributed by atoms with E-state index in [1.54, 1.807) is 22.7 Å². The molecule has 0 aromatic carbocycles. The van der Waals surface area contributed by atoms with Gasteiger partial charge in [-0.05, 0) is 24.4 Å². The molecule has 1 aliphatic heterocycles. The van der Waals surface area contributed by atoms with Crippen molar-refractivity contribution in [2.24, 2.45) is 0 Å². The van der Waals surface area contributed by atoms with Gasteiger partial charge in [-0.3, -0.25) is 0 Å². The Labute approximate surface area is 156 Å². The molecule has 0 saturated carbocycles. The molecule has 2 nitrogen and oxygen atoms in total. The SMILES string of the molecule is C=C1N[C@](C)(c2cc(SF)cs2)C(c2cccs2)C(=C)N1C.CC. The Hall–Kier alpha value is -1.24. The Balaban J connectivity index is 0.00000100. The van der Waals surface area contributed by atoms with E-state index in [4.69, 9.17) is 0 Å². The summed E-state index contributed by atoms with van der Waals surface area (Å²) in [6.07, 6.45) is 0. The van der Waals surface area contributed by atoms with Gasteiger partial charge < -0.3 is 10.2 Å². The van der Waals surface area contributed by atoms with Crippen LogP contribution >= 0.6 is 34.8 Å². The Morgan fingerprint density at radius 2 is 2.04 bits per heavy atom. The fourth-order valence-corrected chi connectivity index (χ4v) is 5.32. The van der Waals surface area contributed by atoms with E-state index < -0.39 is 0 Å². The summed E-state index contributed by atoms with van der Waals surface area (Å²) in [5, 5.41) is 7.44. The number of hydrogen-bond donors (Lipinski definition) is 1. The molecule has 3 rings (SSSR count). The van der Waals surface area contributed by atoms with Gasteiger partial charge >= 0.3 is 0 Å². The summed E-state index contributed by atoms with van der Waals surface area (Å²) in [5.74, 6) is 0.891. The molecular weight excluding hydrogens is 359 g/mol. The molecule has 2 aromatic heterocycles. The molecule has 3 heterocycles. The molecule has 0 spiro atoms. The fourth-order valence-electron chi connectivity index (χ4n) is 2.90. The topological polar surface area (TPSA) is 15.3 Å². The summed E-state index contributed by atoms with van der Waals surface area (Å²) < 4.78 is 12.9. The number of nitrogens with one attached hydrogen (secondary N) is 1. The second-order valence-electron chi connectivity index (χ2n) is 5.50. The van der Waals surface area contributed by atoms with E-state index in [0.717, 1.165) is 16.4 Å². The minimum absolute atomic E-state index is 0.0825. The van der Waals surface area contributed by atoms with Crippen molar-refractivity contribution >= 4 is 34.8 Å². The Kier molecular flexibility index (Phi) is 6.17. The van der Waals surface area contributed by atoms with Gasteiger partial charge in [0.25, 0.3) is 0 Å². The summed E-state index contributed by atoms with van der Waals surface area (Å²) in [6, 6.07) is 6.09. The third-order valence-corrected chi connectivity index (χ3v) is 6.82. The van der Waals surface area contributed by atoms with Crippen molar-refractivity contribution in [3.63, 3.8) is 0 Å². The highest BCUT2D eigenvalue weighted by atomic mass is 32.2. The summed E-state index contributed by atoms with van der Waals surface area (Å²) in [6.45, 7) is 14.5. The first-order chi connectivity index (χ1) is 11.5. The van der Waals surface area contributed by atoms with Crippen molar-refractivity contribution in [2.75, 3.05) is 7.05 Å². The minimum Gasteiger partial charge on any atom is -0.361 e. The predicted molar refractivity (Wildman–Crippen MR) is 106 cm³/mol. The monoisotopic (exact) mass is 382 g/mol. The van der Waals surface area contributed by atoms with Crippen molar-refractivity contribution < 1.29 is 3.89 Å². The number of nitrogens with zero attached hydrogens (tertiary/aromatic N) is 1. The highest BCUT2D eigenvalue weighted by Gasteiger charge is 2.45. The first-order valence-electron chi connectivity index (χ1n) is 7.78. The second kappa shape index (κ2) is 7.76. The van der Waals surface area contributed by atoms with Gasteiger partial charge in [0.15, 0.2) is 0 Å². The van der Waals surface area contributed by atoms with Gasteiger partial charge in [0, 0.05) is 27.9 Å². The number of halogens is 1. The lowest BCUT2D eigenvalue weighted by atomic mass is 9.79. The van der Waals surface area contributed by atoms with Crippen molar-refractivity contribution in [1.29, 1.82) is 0 Å². The Bertz CT molecular complexity index is 708.